The predicted molar refractivity (Wildman–Crippen MR) is 105 cm³/mol. The molecule has 3 aromatic rings. The van der Waals surface area contributed by atoms with Gasteiger partial charge in [0.05, 0.1) is 17.4 Å². The molecule has 1 aromatic carbocycles. The number of benzene rings is 1. The van der Waals surface area contributed by atoms with Crippen LogP contribution in [0.15, 0.2) is 55.0 Å². The number of anilines is 1. The van der Waals surface area contributed by atoms with Crippen molar-refractivity contribution in [2.24, 2.45) is 0 Å². The minimum atomic E-state index is -5.08. The van der Waals surface area contributed by atoms with Gasteiger partial charge in [-0.25, -0.2) is 19.6 Å². The number of imidazole rings is 1. The molecule has 0 unspecified atom stereocenters. The molecule has 0 aliphatic rings. The second kappa shape index (κ2) is 12.2. The third kappa shape index (κ3) is 9.97. The fraction of sp³-hybridized carbons (Fsp3) is 0.211. The Kier molecular flexibility index (Phi) is 9.98. The van der Waals surface area contributed by atoms with Crippen molar-refractivity contribution in [1.82, 2.24) is 14.5 Å². The van der Waals surface area contributed by atoms with Gasteiger partial charge in [-0.05, 0) is 24.3 Å². The number of pyridine rings is 1. The second-order valence-electron chi connectivity index (χ2n) is 6.05. The fourth-order valence-corrected chi connectivity index (χ4v) is 2.05. The van der Waals surface area contributed by atoms with Crippen molar-refractivity contribution < 1.29 is 50.9 Å². The van der Waals surface area contributed by atoms with Crippen LogP contribution in [-0.4, -0.2) is 54.9 Å². The number of carbonyl (C=O) groups is 3. The number of halogens is 6. The molecule has 1 amide bonds. The number of carboxylic acid groups (broad SMARTS) is 2. The molecule has 3 rings (SSSR count). The number of aryl methyl sites for hydroxylation is 1. The summed E-state index contributed by atoms with van der Waals surface area (Å²) < 4.78 is 65.5. The van der Waals surface area contributed by atoms with Crippen LogP contribution in [0.2, 0.25) is 0 Å². The highest BCUT2D eigenvalue weighted by Crippen LogP contribution is 2.14. The summed E-state index contributed by atoms with van der Waals surface area (Å²) in [6.07, 6.45) is -6.37. The van der Waals surface area contributed by atoms with Gasteiger partial charge < -0.3 is 20.1 Å². The zero-order valence-corrected chi connectivity index (χ0v) is 16.8. The molecule has 184 valence electrons. The highest BCUT2D eigenvalue weighted by molar-refractivity contribution is 5.89. The van der Waals surface area contributed by atoms with E-state index in [-0.39, 0.29) is 5.91 Å². The lowest BCUT2D eigenvalue weighted by atomic mass is 10.3. The third-order valence-electron chi connectivity index (χ3n) is 3.52. The van der Waals surface area contributed by atoms with Crippen LogP contribution in [0.3, 0.4) is 0 Å². The average molecular weight is 494 g/mol. The van der Waals surface area contributed by atoms with Crippen molar-refractivity contribution in [1.29, 1.82) is 0 Å². The largest absolute Gasteiger partial charge is 0.490 e. The number of hydrogen-bond acceptors (Lipinski definition) is 5. The summed E-state index contributed by atoms with van der Waals surface area (Å²) in [5, 5.41) is 17.0. The van der Waals surface area contributed by atoms with E-state index in [4.69, 9.17) is 19.8 Å². The first kappa shape index (κ1) is 27.9. The monoisotopic (exact) mass is 494 g/mol. The van der Waals surface area contributed by atoms with Crippen LogP contribution in [0.5, 0.6) is 0 Å². The number of carboxylic acids is 2. The van der Waals surface area contributed by atoms with Crippen LogP contribution in [0, 0.1) is 0 Å². The number of nitrogens with one attached hydrogen (secondary N) is 1. The number of carbonyl (C=O) groups excluding carboxylic acids is 1. The molecule has 0 aliphatic carbocycles. The topological polar surface area (TPSA) is 134 Å². The van der Waals surface area contributed by atoms with E-state index < -0.39 is 24.3 Å². The Balaban J connectivity index is 0.000000343. The Morgan fingerprint density at radius 2 is 1.38 bits per heavy atom. The molecule has 34 heavy (non-hydrogen) atoms. The highest BCUT2D eigenvalue weighted by Gasteiger charge is 2.38. The number of fused-ring (bicyclic) bond motifs is 1. The van der Waals surface area contributed by atoms with E-state index in [1.165, 1.54) is 0 Å². The number of aliphatic carboxylic acids is 2. The van der Waals surface area contributed by atoms with E-state index in [0.717, 1.165) is 11.0 Å². The van der Waals surface area contributed by atoms with Gasteiger partial charge in [-0.1, -0.05) is 18.2 Å². The summed E-state index contributed by atoms with van der Waals surface area (Å²) in [6.45, 7) is 0.596. The van der Waals surface area contributed by atoms with E-state index in [0.29, 0.717) is 18.8 Å². The van der Waals surface area contributed by atoms with Crippen LogP contribution in [0.4, 0.5) is 32.2 Å². The van der Waals surface area contributed by atoms with E-state index in [1.807, 2.05) is 41.0 Å². The molecule has 2 aromatic heterocycles. The highest BCUT2D eigenvalue weighted by atomic mass is 19.4. The van der Waals surface area contributed by atoms with E-state index in [2.05, 4.69) is 15.3 Å². The van der Waals surface area contributed by atoms with Crippen LogP contribution in [-0.2, 0) is 20.9 Å². The molecule has 0 saturated heterocycles. The Morgan fingerprint density at radius 3 is 1.88 bits per heavy atom. The number of hydrogen-bond donors (Lipinski definition) is 3. The van der Waals surface area contributed by atoms with Crippen molar-refractivity contribution >= 4 is 34.7 Å². The van der Waals surface area contributed by atoms with Gasteiger partial charge in [0.15, 0.2) is 0 Å². The number of para-hydroxylation sites is 2. The molecule has 2 heterocycles. The lowest BCUT2D eigenvalue weighted by Gasteiger charge is -2.05. The summed E-state index contributed by atoms with van der Waals surface area (Å²) in [4.78, 5) is 38.0. The first-order valence-electron chi connectivity index (χ1n) is 8.92. The lowest BCUT2D eigenvalue weighted by molar-refractivity contribution is -0.193. The lowest BCUT2D eigenvalue weighted by Crippen LogP contribution is -2.21. The van der Waals surface area contributed by atoms with Crippen LogP contribution < -0.4 is 5.32 Å². The molecule has 0 fully saturated rings. The smallest absolute Gasteiger partial charge is 0.475 e. The van der Waals surface area contributed by atoms with Crippen molar-refractivity contribution in [2.75, 3.05) is 5.32 Å². The molecule has 0 atom stereocenters. The molecule has 0 saturated carbocycles. The minimum absolute atomic E-state index is 0.0542. The Morgan fingerprint density at radius 1 is 0.853 bits per heavy atom. The number of amides is 1. The zero-order valence-electron chi connectivity index (χ0n) is 16.8. The van der Waals surface area contributed by atoms with Gasteiger partial charge in [0.2, 0.25) is 5.91 Å². The van der Waals surface area contributed by atoms with E-state index in [9.17, 15) is 31.1 Å². The molecule has 0 bridgehead atoms. The number of alkyl halides is 6. The maximum Gasteiger partial charge on any atom is 0.490 e. The molecule has 15 heteroatoms. The number of aromatic nitrogens is 3. The molecule has 0 aliphatic heterocycles. The second-order valence-corrected chi connectivity index (χ2v) is 6.05. The molecule has 9 nitrogen and oxygen atoms in total. The molecular weight excluding hydrogens is 478 g/mol. The molecule has 0 spiro atoms. The van der Waals surface area contributed by atoms with Gasteiger partial charge in [0.1, 0.15) is 5.82 Å². The summed E-state index contributed by atoms with van der Waals surface area (Å²) >= 11 is 0. The molecule has 3 N–H and O–H groups in total. The number of nitrogens with zero attached hydrogens (tertiary/aromatic N) is 3. The summed E-state index contributed by atoms with van der Waals surface area (Å²) in [7, 11) is 0. The first-order valence-corrected chi connectivity index (χ1v) is 8.92. The fourth-order valence-electron chi connectivity index (χ4n) is 2.05. The first-order chi connectivity index (χ1) is 15.7. The van der Waals surface area contributed by atoms with Crippen molar-refractivity contribution in [3.05, 3.63) is 55.0 Å². The molecule has 0 radical (unpaired) electrons. The normalized spacial score (nSPS) is 10.9. The maximum atomic E-state index is 11.9. The minimum Gasteiger partial charge on any atom is -0.475 e. The van der Waals surface area contributed by atoms with Crippen molar-refractivity contribution in [3.8, 4) is 0 Å². The van der Waals surface area contributed by atoms with E-state index >= 15 is 0 Å². The number of rotatable bonds is 4. The SMILES string of the molecule is O=C(CCn1cnc2ccccc21)Nc1ccccn1.O=C(O)C(F)(F)F.O=C(O)C(F)(F)F. The summed E-state index contributed by atoms with van der Waals surface area (Å²) in [6, 6.07) is 13.3. The Hall–Kier alpha value is -4.17. The third-order valence-corrected chi connectivity index (χ3v) is 3.52. The Labute approximate surface area is 186 Å². The van der Waals surface area contributed by atoms with Gasteiger partial charge >= 0.3 is 24.3 Å². The van der Waals surface area contributed by atoms with Crippen LogP contribution in [0.25, 0.3) is 11.0 Å². The standard InChI is InChI=1S/C15H14N4O.2C2HF3O2/c20-15(18-14-7-3-4-9-16-14)8-10-19-11-17-12-5-1-2-6-13(12)19;2*3-2(4,5)1(6)7/h1-7,9,11H,8,10H2,(H,16,18,20);2*(H,6,7). The van der Waals surface area contributed by atoms with E-state index in [1.54, 1.807) is 18.6 Å². The maximum absolute atomic E-state index is 11.9. The van der Waals surface area contributed by atoms with Gasteiger partial charge in [0.25, 0.3) is 0 Å². The van der Waals surface area contributed by atoms with Gasteiger partial charge in [-0.3, -0.25) is 4.79 Å². The van der Waals surface area contributed by atoms with Crippen molar-refractivity contribution in [2.45, 2.75) is 25.3 Å². The zero-order chi connectivity index (χ0) is 25.9. The predicted octanol–water partition coefficient (Wildman–Crippen LogP) is 3.73. The Bertz CT molecular complexity index is 1080. The van der Waals surface area contributed by atoms with Gasteiger partial charge in [0, 0.05) is 19.2 Å². The van der Waals surface area contributed by atoms with Crippen LogP contribution in [0.1, 0.15) is 6.42 Å². The van der Waals surface area contributed by atoms with Gasteiger partial charge in [-0.2, -0.15) is 26.3 Å². The van der Waals surface area contributed by atoms with Gasteiger partial charge in [-0.15, -0.1) is 0 Å². The van der Waals surface area contributed by atoms with Crippen LogP contribution >= 0.6 is 0 Å². The molecular formula is C19H16F6N4O5. The summed E-state index contributed by atoms with van der Waals surface area (Å²) in [5.41, 5.74) is 1.98. The van der Waals surface area contributed by atoms with Crippen molar-refractivity contribution in [3.63, 3.8) is 0 Å². The summed E-state index contributed by atoms with van der Waals surface area (Å²) in [5.74, 6) is -4.99. The quantitative estimate of drug-likeness (QED) is 0.471. The average Bonchev–Trinajstić information content (AvgIpc) is 3.16.